The monoisotopic (exact) mass is 406 g/mol. The molecule has 0 bridgehead atoms. The topological polar surface area (TPSA) is 72.2 Å². The summed E-state index contributed by atoms with van der Waals surface area (Å²) in [6.45, 7) is 1.52. The van der Waals surface area contributed by atoms with Crippen molar-refractivity contribution in [1.82, 2.24) is 0 Å². The van der Waals surface area contributed by atoms with Gasteiger partial charge in [0.25, 0.3) is 10.0 Å². The van der Waals surface area contributed by atoms with Gasteiger partial charge in [0.15, 0.2) is 0 Å². The van der Waals surface area contributed by atoms with Gasteiger partial charge < -0.3 is 5.73 Å². The van der Waals surface area contributed by atoms with Crippen LogP contribution >= 0.6 is 22.6 Å². The van der Waals surface area contributed by atoms with Crippen molar-refractivity contribution in [2.75, 3.05) is 10.5 Å². The molecule has 0 fully saturated rings. The van der Waals surface area contributed by atoms with E-state index in [0.29, 0.717) is 11.3 Å². The van der Waals surface area contributed by atoms with Gasteiger partial charge in [0.2, 0.25) is 0 Å². The van der Waals surface area contributed by atoms with Gasteiger partial charge in [-0.15, -0.1) is 0 Å². The first kappa shape index (κ1) is 15.0. The number of hydrogen-bond donors (Lipinski definition) is 2. The summed E-state index contributed by atoms with van der Waals surface area (Å²) in [4.78, 5) is -0.0314. The second kappa shape index (κ2) is 5.57. The zero-order valence-corrected chi connectivity index (χ0v) is 13.5. The lowest BCUT2D eigenvalue weighted by Gasteiger charge is -2.12. The van der Waals surface area contributed by atoms with Gasteiger partial charge in [-0.25, -0.2) is 12.8 Å². The molecule has 0 spiro atoms. The van der Waals surface area contributed by atoms with Crippen molar-refractivity contribution < 1.29 is 12.8 Å². The van der Waals surface area contributed by atoms with E-state index in [1.54, 1.807) is 24.3 Å². The Labute approximate surface area is 130 Å². The predicted octanol–water partition coefficient (Wildman–Crippen LogP) is 3.12. The van der Waals surface area contributed by atoms with E-state index in [2.05, 4.69) is 4.72 Å². The molecule has 0 heterocycles. The number of halogens is 2. The van der Waals surface area contributed by atoms with Gasteiger partial charge in [-0.05, 0) is 59.3 Å². The molecule has 0 aliphatic carbocycles. The summed E-state index contributed by atoms with van der Waals surface area (Å²) >= 11 is 2.03. The lowest BCUT2D eigenvalue weighted by atomic mass is 10.2. The molecule has 0 atom stereocenters. The van der Waals surface area contributed by atoms with Crippen molar-refractivity contribution in [3.63, 3.8) is 0 Å². The third-order valence-electron chi connectivity index (χ3n) is 2.70. The van der Waals surface area contributed by atoms with Crippen molar-refractivity contribution in [3.8, 4) is 0 Å². The zero-order valence-electron chi connectivity index (χ0n) is 10.5. The average Bonchev–Trinajstić information content (AvgIpc) is 2.36. The zero-order chi connectivity index (χ0) is 14.9. The molecular formula is C13H12FIN2O2S. The van der Waals surface area contributed by atoms with E-state index in [0.717, 1.165) is 15.7 Å². The van der Waals surface area contributed by atoms with Crippen molar-refractivity contribution in [3.05, 3.63) is 51.3 Å². The lowest BCUT2D eigenvalue weighted by molar-refractivity contribution is 0.599. The van der Waals surface area contributed by atoms with E-state index in [1.165, 1.54) is 6.92 Å². The average molecular weight is 406 g/mol. The van der Waals surface area contributed by atoms with Crippen LogP contribution < -0.4 is 10.5 Å². The molecular weight excluding hydrogens is 394 g/mol. The molecule has 0 aliphatic rings. The number of nitrogen functional groups attached to an aromatic ring is 1. The molecule has 0 radical (unpaired) electrons. The Morgan fingerprint density at radius 1 is 1.25 bits per heavy atom. The van der Waals surface area contributed by atoms with Gasteiger partial charge in [-0.1, -0.05) is 12.1 Å². The molecule has 3 N–H and O–H groups in total. The van der Waals surface area contributed by atoms with Crippen molar-refractivity contribution in [2.24, 2.45) is 0 Å². The molecule has 0 saturated carbocycles. The van der Waals surface area contributed by atoms with Crippen LogP contribution in [-0.4, -0.2) is 8.42 Å². The van der Waals surface area contributed by atoms with Gasteiger partial charge in [-0.3, -0.25) is 4.72 Å². The summed E-state index contributed by atoms with van der Waals surface area (Å²) in [6, 6.07) is 9.21. The molecule has 0 aromatic heterocycles. The molecule has 20 heavy (non-hydrogen) atoms. The van der Waals surface area contributed by atoms with Gasteiger partial charge in [0, 0.05) is 3.57 Å². The first-order valence-electron chi connectivity index (χ1n) is 5.64. The first-order chi connectivity index (χ1) is 9.31. The summed E-state index contributed by atoms with van der Waals surface area (Å²) in [5.74, 6) is -0.629. The largest absolute Gasteiger partial charge is 0.396 e. The van der Waals surface area contributed by atoms with E-state index < -0.39 is 15.8 Å². The standard InChI is InChI=1S/C13H12FIN2O2S/c1-8-6-9(14)11(16)7-13(8)20(18,19)17-12-5-3-2-4-10(12)15/h2-7,17H,16H2,1H3. The minimum Gasteiger partial charge on any atom is -0.396 e. The molecule has 4 nitrogen and oxygen atoms in total. The summed E-state index contributed by atoms with van der Waals surface area (Å²) in [5, 5.41) is 0. The molecule has 0 saturated heterocycles. The number of benzene rings is 2. The van der Waals surface area contributed by atoms with E-state index in [1.807, 2.05) is 22.6 Å². The Balaban J connectivity index is 2.47. The Morgan fingerprint density at radius 2 is 1.90 bits per heavy atom. The highest BCUT2D eigenvalue weighted by Crippen LogP contribution is 2.25. The van der Waals surface area contributed by atoms with Crippen LogP contribution in [0.5, 0.6) is 0 Å². The smallest absolute Gasteiger partial charge is 0.262 e. The third-order valence-corrected chi connectivity index (χ3v) is 5.15. The Bertz CT molecular complexity index is 763. The van der Waals surface area contributed by atoms with Crippen LogP contribution in [-0.2, 0) is 10.0 Å². The maximum absolute atomic E-state index is 13.3. The highest BCUT2D eigenvalue weighted by Gasteiger charge is 2.19. The van der Waals surface area contributed by atoms with Gasteiger partial charge in [0.1, 0.15) is 5.82 Å². The quantitative estimate of drug-likeness (QED) is 0.608. The number of aryl methyl sites for hydroxylation is 1. The lowest BCUT2D eigenvalue weighted by Crippen LogP contribution is -2.15. The predicted molar refractivity (Wildman–Crippen MR) is 85.5 cm³/mol. The molecule has 7 heteroatoms. The maximum atomic E-state index is 13.3. The second-order valence-corrected chi connectivity index (χ2v) is 7.04. The Morgan fingerprint density at radius 3 is 2.55 bits per heavy atom. The second-order valence-electron chi connectivity index (χ2n) is 4.22. The van der Waals surface area contributed by atoms with Crippen molar-refractivity contribution in [1.29, 1.82) is 0 Å². The molecule has 2 rings (SSSR count). The fraction of sp³-hybridized carbons (Fsp3) is 0.0769. The maximum Gasteiger partial charge on any atom is 0.262 e. The van der Waals surface area contributed by atoms with Gasteiger partial charge in [0.05, 0.1) is 16.3 Å². The fourth-order valence-electron chi connectivity index (χ4n) is 1.70. The molecule has 2 aromatic carbocycles. The van der Waals surface area contributed by atoms with Crippen molar-refractivity contribution >= 4 is 44.0 Å². The minimum absolute atomic E-state index is 0.0314. The fourth-order valence-corrected chi connectivity index (χ4v) is 3.75. The van der Waals surface area contributed by atoms with E-state index in [4.69, 9.17) is 5.73 Å². The normalized spacial score (nSPS) is 11.3. The van der Waals surface area contributed by atoms with E-state index >= 15 is 0 Å². The van der Waals surface area contributed by atoms with Crippen molar-refractivity contribution in [2.45, 2.75) is 11.8 Å². The van der Waals surface area contributed by atoms with Crippen LogP contribution in [0.1, 0.15) is 5.56 Å². The molecule has 0 unspecified atom stereocenters. The summed E-state index contributed by atoms with van der Waals surface area (Å²) in [5.41, 5.74) is 6.01. The number of nitrogens with two attached hydrogens (primary N) is 1. The van der Waals surface area contributed by atoms with Gasteiger partial charge in [-0.2, -0.15) is 0 Å². The van der Waals surface area contributed by atoms with Crippen LogP contribution in [0.25, 0.3) is 0 Å². The highest BCUT2D eigenvalue weighted by molar-refractivity contribution is 14.1. The third kappa shape index (κ3) is 3.04. The number of para-hydroxylation sites is 1. The Kier molecular flexibility index (Phi) is 4.19. The first-order valence-corrected chi connectivity index (χ1v) is 8.20. The summed E-state index contributed by atoms with van der Waals surface area (Å²) < 4.78 is 41.2. The molecule has 0 amide bonds. The minimum atomic E-state index is -3.81. The van der Waals surface area contributed by atoms with Gasteiger partial charge >= 0.3 is 0 Å². The van der Waals surface area contributed by atoms with E-state index in [9.17, 15) is 12.8 Å². The van der Waals surface area contributed by atoms with Crippen LogP contribution in [0.2, 0.25) is 0 Å². The summed E-state index contributed by atoms with van der Waals surface area (Å²) in [6.07, 6.45) is 0. The van der Waals surface area contributed by atoms with Crippen LogP contribution in [0.15, 0.2) is 41.3 Å². The SMILES string of the molecule is Cc1cc(F)c(N)cc1S(=O)(=O)Nc1ccccc1I. The number of hydrogen-bond acceptors (Lipinski definition) is 3. The molecule has 2 aromatic rings. The number of nitrogens with one attached hydrogen (secondary N) is 1. The molecule has 106 valence electrons. The van der Waals surface area contributed by atoms with Crippen LogP contribution in [0.4, 0.5) is 15.8 Å². The number of rotatable bonds is 3. The van der Waals surface area contributed by atoms with Crippen LogP contribution in [0, 0.1) is 16.3 Å². The highest BCUT2D eigenvalue weighted by atomic mass is 127. The summed E-state index contributed by atoms with van der Waals surface area (Å²) in [7, 11) is -3.81. The number of anilines is 2. The Hall–Kier alpha value is -1.35. The number of sulfonamides is 1. The molecule has 0 aliphatic heterocycles. The van der Waals surface area contributed by atoms with E-state index in [-0.39, 0.29) is 10.6 Å². The van der Waals surface area contributed by atoms with Crippen LogP contribution in [0.3, 0.4) is 0 Å².